The van der Waals surface area contributed by atoms with Crippen molar-refractivity contribution in [1.29, 1.82) is 0 Å². The number of aliphatic hydroxyl groups is 1. The third-order valence-electron chi connectivity index (χ3n) is 4.03. The standard InChI is InChI=1S/C17H23NO4/c1-10(2)15(19)14-16(22-5)11(3)17(20)18(14)12-6-8-13(21-4)9-7-12/h6-10,14-15,19H,1-5H3/t14-,15+/m1/s1. The summed E-state index contributed by atoms with van der Waals surface area (Å²) < 4.78 is 10.6. The van der Waals surface area contributed by atoms with E-state index in [1.165, 1.54) is 7.11 Å². The SMILES string of the molecule is COC1=C(C)C(=O)N(c2ccc(OC)cc2)[C@@H]1[C@@H](O)C(C)C. The molecule has 5 heteroatoms. The summed E-state index contributed by atoms with van der Waals surface area (Å²) in [7, 11) is 3.12. The normalized spacial score (nSPS) is 19.9. The summed E-state index contributed by atoms with van der Waals surface area (Å²) in [6.45, 7) is 5.56. The summed E-state index contributed by atoms with van der Waals surface area (Å²) in [6.07, 6.45) is -0.710. The van der Waals surface area contributed by atoms with Crippen molar-refractivity contribution in [2.24, 2.45) is 5.92 Å². The highest BCUT2D eigenvalue weighted by Crippen LogP contribution is 2.35. The van der Waals surface area contributed by atoms with Gasteiger partial charge < -0.3 is 14.6 Å². The molecule has 1 aliphatic rings. The van der Waals surface area contributed by atoms with Gasteiger partial charge in [-0.15, -0.1) is 0 Å². The van der Waals surface area contributed by atoms with Crippen molar-refractivity contribution in [1.82, 2.24) is 0 Å². The Bertz CT molecular complexity index is 577. The largest absolute Gasteiger partial charge is 0.498 e. The third kappa shape index (κ3) is 2.68. The summed E-state index contributed by atoms with van der Waals surface area (Å²) in [5.74, 6) is 1.09. The number of carbonyl (C=O) groups is 1. The number of nitrogens with zero attached hydrogens (tertiary/aromatic N) is 1. The van der Waals surface area contributed by atoms with Crippen LogP contribution in [0.2, 0.25) is 0 Å². The van der Waals surface area contributed by atoms with Gasteiger partial charge in [0.25, 0.3) is 5.91 Å². The average Bonchev–Trinajstić information content (AvgIpc) is 2.78. The Balaban J connectivity index is 2.45. The van der Waals surface area contributed by atoms with E-state index < -0.39 is 12.1 Å². The lowest BCUT2D eigenvalue weighted by Gasteiger charge is -2.32. The van der Waals surface area contributed by atoms with Crippen LogP contribution in [-0.2, 0) is 9.53 Å². The van der Waals surface area contributed by atoms with Gasteiger partial charge in [0.1, 0.15) is 17.6 Å². The number of benzene rings is 1. The maximum atomic E-state index is 12.6. The fourth-order valence-corrected chi connectivity index (χ4v) is 2.72. The van der Waals surface area contributed by atoms with Crippen LogP contribution in [0.4, 0.5) is 5.69 Å². The fourth-order valence-electron chi connectivity index (χ4n) is 2.72. The summed E-state index contributed by atoms with van der Waals surface area (Å²) in [6, 6.07) is 6.69. The van der Waals surface area contributed by atoms with Crippen LogP contribution in [0, 0.1) is 5.92 Å². The molecule has 0 spiro atoms. The number of hydrogen-bond donors (Lipinski definition) is 1. The second-order valence-corrected chi connectivity index (χ2v) is 5.75. The summed E-state index contributed by atoms with van der Waals surface area (Å²) >= 11 is 0. The average molecular weight is 305 g/mol. The van der Waals surface area contributed by atoms with Crippen LogP contribution in [-0.4, -0.2) is 37.4 Å². The molecule has 0 aliphatic carbocycles. The summed E-state index contributed by atoms with van der Waals surface area (Å²) in [4.78, 5) is 14.2. The van der Waals surface area contributed by atoms with E-state index in [-0.39, 0.29) is 11.8 Å². The van der Waals surface area contributed by atoms with Crippen molar-refractivity contribution >= 4 is 11.6 Å². The molecule has 0 unspecified atom stereocenters. The monoisotopic (exact) mass is 305 g/mol. The molecule has 2 rings (SSSR count). The number of amides is 1. The van der Waals surface area contributed by atoms with Crippen molar-refractivity contribution < 1.29 is 19.4 Å². The third-order valence-corrected chi connectivity index (χ3v) is 4.03. The minimum absolute atomic E-state index is 0.00500. The highest BCUT2D eigenvalue weighted by Gasteiger charge is 2.44. The molecule has 120 valence electrons. The molecule has 22 heavy (non-hydrogen) atoms. The van der Waals surface area contributed by atoms with Gasteiger partial charge in [-0.1, -0.05) is 13.8 Å². The molecular weight excluding hydrogens is 282 g/mol. The van der Waals surface area contributed by atoms with E-state index in [1.54, 1.807) is 31.1 Å². The Labute approximate surface area is 131 Å². The number of carbonyl (C=O) groups excluding carboxylic acids is 1. The van der Waals surface area contributed by atoms with Gasteiger partial charge in [0.05, 0.1) is 25.9 Å². The molecule has 2 atom stereocenters. The molecule has 0 bridgehead atoms. The Hall–Kier alpha value is -2.01. The number of ether oxygens (including phenoxy) is 2. The lowest BCUT2D eigenvalue weighted by atomic mass is 9.97. The minimum Gasteiger partial charge on any atom is -0.498 e. The lowest BCUT2D eigenvalue weighted by Crippen LogP contribution is -2.46. The van der Waals surface area contributed by atoms with Gasteiger partial charge in [-0.2, -0.15) is 0 Å². The first-order chi connectivity index (χ1) is 10.4. The van der Waals surface area contributed by atoms with Crippen molar-refractivity contribution in [2.45, 2.75) is 32.9 Å². The molecule has 1 aromatic rings. The quantitative estimate of drug-likeness (QED) is 0.907. The first-order valence-corrected chi connectivity index (χ1v) is 7.32. The van der Waals surface area contributed by atoms with Crippen molar-refractivity contribution in [3.05, 3.63) is 35.6 Å². The Morgan fingerprint density at radius 3 is 2.18 bits per heavy atom. The fraction of sp³-hybridized carbons (Fsp3) is 0.471. The Morgan fingerprint density at radius 1 is 1.14 bits per heavy atom. The topological polar surface area (TPSA) is 59.0 Å². The van der Waals surface area contributed by atoms with E-state index in [4.69, 9.17) is 9.47 Å². The maximum absolute atomic E-state index is 12.6. The van der Waals surface area contributed by atoms with Crippen LogP contribution >= 0.6 is 0 Å². The molecule has 5 nitrogen and oxygen atoms in total. The van der Waals surface area contributed by atoms with E-state index >= 15 is 0 Å². The van der Waals surface area contributed by atoms with E-state index in [9.17, 15) is 9.90 Å². The van der Waals surface area contributed by atoms with Gasteiger partial charge in [-0.05, 0) is 37.1 Å². The number of rotatable bonds is 5. The predicted molar refractivity (Wildman–Crippen MR) is 84.8 cm³/mol. The zero-order chi connectivity index (χ0) is 16.4. The van der Waals surface area contributed by atoms with Gasteiger partial charge in [0.15, 0.2) is 0 Å². The van der Waals surface area contributed by atoms with Gasteiger partial charge >= 0.3 is 0 Å². The molecule has 0 aromatic heterocycles. The van der Waals surface area contributed by atoms with Crippen LogP contribution in [0.1, 0.15) is 20.8 Å². The Morgan fingerprint density at radius 2 is 1.73 bits per heavy atom. The molecule has 1 aromatic carbocycles. The molecule has 1 amide bonds. The molecule has 0 saturated carbocycles. The lowest BCUT2D eigenvalue weighted by molar-refractivity contribution is -0.115. The van der Waals surface area contributed by atoms with E-state index in [0.717, 1.165) is 0 Å². The van der Waals surface area contributed by atoms with Crippen LogP contribution in [0.15, 0.2) is 35.6 Å². The molecular formula is C17H23NO4. The zero-order valence-electron chi connectivity index (χ0n) is 13.7. The van der Waals surface area contributed by atoms with Crippen molar-refractivity contribution in [2.75, 3.05) is 19.1 Å². The molecule has 1 aliphatic heterocycles. The predicted octanol–water partition coefficient (Wildman–Crippen LogP) is 2.35. The number of aliphatic hydroxyl groups excluding tert-OH is 1. The van der Waals surface area contributed by atoms with Gasteiger partial charge in [-0.25, -0.2) is 0 Å². The number of anilines is 1. The molecule has 1 heterocycles. The second kappa shape index (κ2) is 6.40. The van der Waals surface area contributed by atoms with E-state index in [1.807, 2.05) is 26.0 Å². The molecule has 0 fully saturated rings. The molecule has 1 N–H and O–H groups in total. The van der Waals surface area contributed by atoms with E-state index in [0.29, 0.717) is 22.8 Å². The second-order valence-electron chi connectivity index (χ2n) is 5.75. The molecule has 0 saturated heterocycles. The summed E-state index contributed by atoms with van der Waals surface area (Å²) in [5.41, 5.74) is 1.24. The van der Waals surface area contributed by atoms with Gasteiger partial charge in [0, 0.05) is 5.69 Å². The Kier molecular flexibility index (Phi) is 4.76. The van der Waals surface area contributed by atoms with Crippen LogP contribution in [0.25, 0.3) is 0 Å². The first-order valence-electron chi connectivity index (χ1n) is 7.32. The molecule has 0 radical (unpaired) electrons. The van der Waals surface area contributed by atoms with Crippen LogP contribution in [0.5, 0.6) is 5.75 Å². The zero-order valence-corrected chi connectivity index (χ0v) is 13.7. The van der Waals surface area contributed by atoms with Crippen molar-refractivity contribution in [3.63, 3.8) is 0 Å². The first kappa shape index (κ1) is 16.4. The van der Waals surface area contributed by atoms with Gasteiger partial charge in [-0.3, -0.25) is 9.69 Å². The summed E-state index contributed by atoms with van der Waals surface area (Å²) in [5, 5.41) is 10.6. The van der Waals surface area contributed by atoms with Crippen molar-refractivity contribution in [3.8, 4) is 5.75 Å². The number of hydrogen-bond acceptors (Lipinski definition) is 4. The number of methoxy groups -OCH3 is 2. The highest BCUT2D eigenvalue weighted by atomic mass is 16.5. The van der Waals surface area contributed by atoms with Crippen LogP contribution < -0.4 is 9.64 Å². The van der Waals surface area contributed by atoms with E-state index in [2.05, 4.69) is 0 Å². The highest BCUT2D eigenvalue weighted by molar-refractivity contribution is 6.09. The smallest absolute Gasteiger partial charge is 0.258 e. The van der Waals surface area contributed by atoms with Gasteiger partial charge in [0.2, 0.25) is 0 Å². The van der Waals surface area contributed by atoms with Crippen LogP contribution in [0.3, 0.4) is 0 Å². The minimum atomic E-state index is -0.710. The maximum Gasteiger partial charge on any atom is 0.258 e.